The summed E-state index contributed by atoms with van der Waals surface area (Å²) in [5, 5.41) is 3.23. The largest absolute Gasteiger partial charge is 0.353 e. The minimum atomic E-state index is 0.346. The monoisotopic (exact) mass is 329 g/mol. The lowest BCUT2D eigenvalue weighted by Crippen LogP contribution is -2.35. The molecule has 2 heterocycles. The maximum absolute atomic E-state index is 5.96. The van der Waals surface area contributed by atoms with E-state index in [4.69, 9.17) is 15.7 Å². The third-order valence-electron chi connectivity index (χ3n) is 4.72. The van der Waals surface area contributed by atoms with Crippen LogP contribution in [-0.4, -0.2) is 28.0 Å². The topological polar surface area (TPSA) is 67.9 Å². The summed E-state index contributed by atoms with van der Waals surface area (Å²) in [4.78, 5) is 16.4. The van der Waals surface area contributed by atoms with E-state index in [1.807, 2.05) is 6.92 Å². The van der Waals surface area contributed by atoms with Crippen LogP contribution >= 0.6 is 11.3 Å². The fourth-order valence-corrected chi connectivity index (χ4v) is 3.89. The minimum absolute atomic E-state index is 0.346. The molecule has 0 atom stereocenters. The second-order valence-electron chi connectivity index (χ2n) is 6.95. The molecule has 0 spiro atoms. The van der Waals surface area contributed by atoms with Crippen LogP contribution in [0.15, 0.2) is 11.4 Å². The van der Waals surface area contributed by atoms with E-state index in [9.17, 15) is 0 Å². The summed E-state index contributed by atoms with van der Waals surface area (Å²) in [6.07, 6.45) is 4.55. The van der Waals surface area contributed by atoms with Crippen LogP contribution in [0.1, 0.15) is 59.7 Å². The van der Waals surface area contributed by atoms with E-state index in [-0.39, 0.29) is 0 Å². The van der Waals surface area contributed by atoms with Crippen LogP contribution in [0.4, 0.5) is 5.82 Å². The Morgan fingerprint density at radius 3 is 2.61 bits per heavy atom. The van der Waals surface area contributed by atoms with Gasteiger partial charge in [0, 0.05) is 47.8 Å². The molecule has 5 nitrogen and oxygen atoms in total. The van der Waals surface area contributed by atoms with Crippen molar-refractivity contribution in [1.82, 2.24) is 15.0 Å². The molecule has 2 N–H and O–H groups in total. The van der Waals surface area contributed by atoms with Gasteiger partial charge in [0.25, 0.3) is 0 Å². The highest BCUT2D eigenvalue weighted by molar-refractivity contribution is 7.09. The van der Waals surface area contributed by atoms with E-state index in [0.29, 0.717) is 17.9 Å². The maximum atomic E-state index is 5.96. The Kier molecular flexibility index (Phi) is 3.81. The summed E-state index contributed by atoms with van der Waals surface area (Å²) < 4.78 is 0. The summed E-state index contributed by atoms with van der Waals surface area (Å²) in [5.41, 5.74) is 8.23. The first-order chi connectivity index (χ1) is 11.1. The molecule has 2 saturated carbocycles. The number of thiazole rings is 1. The molecule has 122 valence electrons. The smallest absolute Gasteiger partial charge is 0.134 e. The SMILES string of the molecule is Cc1csc(CN(C)c2cc(C3CC(N)C3)nc(C3CC3)n2)n1. The molecule has 0 aliphatic heterocycles. The van der Waals surface area contributed by atoms with Gasteiger partial charge >= 0.3 is 0 Å². The summed E-state index contributed by atoms with van der Waals surface area (Å²) in [5.74, 6) is 3.13. The van der Waals surface area contributed by atoms with Gasteiger partial charge in [-0.05, 0) is 32.6 Å². The van der Waals surface area contributed by atoms with Crippen LogP contribution in [0.25, 0.3) is 0 Å². The number of hydrogen-bond acceptors (Lipinski definition) is 6. The van der Waals surface area contributed by atoms with Gasteiger partial charge < -0.3 is 10.6 Å². The van der Waals surface area contributed by atoms with Gasteiger partial charge in [0.15, 0.2) is 0 Å². The van der Waals surface area contributed by atoms with Crippen molar-refractivity contribution in [1.29, 1.82) is 0 Å². The molecule has 2 aliphatic carbocycles. The molecule has 2 aromatic heterocycles. The zero-order chi connectivity index (χ0) is 16.0. The van der Waals surface area contributed by atoms with Crippen LogP contribution in [-0.2, 0) is 6.54 Å². The number of nitrogens with two attached hydrogens (primary N) is 1. The Bertz CT molecular complexity index is 703. The van der Waals surface area contributed by atoms with Crippen molar-refractivity contribution < 1.29 is 0 Å². The lowest BCUT2D eigenvalue weighted by Gasteiger charge is -2.32. The molecule has 0 radical (unpaired) electrons. The molecule has 2 aliphatic rings. The van der Waals surface area contributed by atoms with E-state index in [2.05, 4.69) is 28.4 Å². The van der Waals surface area contributed by atoms with Crippen molar-refractivity contribution in [3.63, 3.8) is 0 Å². The number of nitrogens with zero attached hydrogens (tertiary/aromatic N) is 4. The first kappa shape index (κ1) is 15.0. The number of hydrogen-bond donors (Lipinski definition) is 1. The number of rotatable bonds is 5. The van der Waals surface area contributed by atoms with E-state index < -0.39 is 0 Å². The van der Waals surface area contributed by atoms with Crippen LogP contribution in [0.2, 0.25) is 0 Å². The molecule has 4 rings (SSSR count). The fraction of sp³-hybridized carbons (Fsp3) is 0.588. The lowest BCUT2D eigenvalue weighted by atomic mass is 9.78. The van der Waals surface area contributed by atoms with Crippen molar-refractivity contribution in [3.05, 3.63) is 33.7 Å². The van der Waals surface area contributed by atoms with Gasteiger partial charge in [0.1, 0.15) is 16.6 Å². The van der Waals surface area contributed by atoms with Crippen molar-refractivity contribution in [2.24, 2.45) is 5.73 Å². The minimum Gasteiger partial charge on any atom is -0.353 e. The molecule has 0 amide bonds. The quantitative estimate of drug-likeness (QED) is 0.913. The van der Waals surface area contributed by atoms with Crippen molar-refractivity contribution >= 4 is 17.2 Å². The first-order valence-corrected chi connectivity index (χ1v) is 9.23. The normalized spacial score (nSPS) is 23.6. The molecule has 0 saturated heterocycles. The fourth-order valence-electron chi connectivity index (χ4n) is 3.06. The van der Waals surface area contributed by atoms with Gasteiger partial charge in [-0.3, -0.25) is 0 Å². The Balaban J connectivity index is 1.58. The van der Waals surface area contributed by atoms with E-state index in [0.717, 1.165) is 41.7 Å². The Morgan fingerprint density at radius 2 is 2.00 bits per heavy atom. The van der Waals surface area contributed by atoms with Crippen LogP contribution in [0, 0.1) is 6.92 Å². The highest BCUT2D eigenvalue weighted by Crippen LogP contribution is 2.41. The van der Waals surface area contributed by atoms with Crippen molar-refractivity contribution in [3.8, 4) is 0 Å². The van der Waals surface area contributed by atoms with Crippen molar-refractivity contribution in [2.75, 3.05) is 11.9 Å². The molecule has 6 heteroatoms. The molecule has 2 aromatic rings. The van der Waals surface area contributed by atoms with E-state index in [1.165, 1.54) is 18.5 Å². The molecule has 0 unspecified atom stereocenters. The van der Waals surface area contributed by atoms with Crippen LogP contribution in [0.5, 0.6) is 0 Å². The third kappa shape index (κ3) is 3.23. The van der Waals surface area contributed by atoms with Gasteiger partial charge in [-0.2, -0.15) is 0 Å². The summed E-state index contributed by atoms with van der Waals surface area (Å²) in [6.45, 7) is 2.83. The zero-order valence-corrected chi connectivity index (χ0v) is 14.5. The summed E-state index contributed by atoms with van der Waals surface area (Å²) in [7, 11) is 2.09. The molecule has 0 aromatic carbocycles. The number of aryl methyl sites for hydroxylation is 1. The second-order valence-corrected chi connectivity index (χ2v) is 7.89. The lowest BCUT2D eigenvalue weighted by molar-refractivity contribution is 0.344. The predicted molar refractivity (Wildman–Crippen MR) is 92.9 cm³/mol. The van der Waals surface area contributed by atoms with Gasteiger partial charge in [-0.15, -0.1) is 11.3 Å². The van der Waals surface area contributed by atoms with Gasteiger partial charge in [0.2, 0.25) is 0 Å². The van der Waals surface area contributed by atoms with E-state index in [1.54, 1.807) is 11.3 Å². The average molecular weight is 329 g/mol. The van der Waals surface area contributed by atoms with Gasteiger partial charge in [0.05, 0.1) is 6.54 Å². The Labute approximate surface area is 141 Å². The zero-order valence-electron chi connectivity index (χ0n) is 13.7. The molecule has 0 bridgehead atoms. The maximum Gasteiger partial charge on any atom is 0.134 e. The first-order valence-electron chi connectivity index (χ1n) is 8.35. The standard InChI is InChI=1S/C17H23N5S/c1-10-9-23-16(19-10)8-22(2)15-7-14(12-5-13(18)6-12)20-17(21-15)11-3-4-11/h7,9,11-13H,3-6,8,18H2,1-2H3. The number of anilines is 1. The van der Waals surface area contributed by atoms with E-state index >= 15 is 0 Å². The van der Waals surface area contributed by atoms with Crippen LogP contribution in [0.3, 0.4) is 0 Å². The second kappa shape index (κ2) is 5.83. The van der Waals surface area contributed by atoms with Gasteiger partial charge in [-0.1, -0.05) is 0 Å². The number of aromatic nitrogens is 3. The van der Waals surface area contributed by atoms with Crippen molar-refractivity contribution in [2.45, 2.75) is 57.0 Å². The summed E-state index contributed by atoms with van der Waals surface area (Å²) >= 11 is 1.71. The molecular weight excluding hydrogens is 306 g/mol. The Hall–Kier alpha value is -1.53. The van der Waals surface area contributed by atoms with Gasteiger partial charge in [-0.25, -0.2) is 15.0 Å². The molecular formula is C17H23N5S. The molecule has 2 fully saturated rings. The van der Waals surface area contributed by atoms with Crippen LogP contribution < -0.4 is 10.6 Å². The highest BCUT2D eigenvalue weighted by Gasteiger charge is 2.32. The predicted octanol–water partition coefficient (Wildman–Crippen LogP) is 2.96. The average Bonchev–Trinajstić information content (AvgIpc) is 3.27. The molecule has 23 heavy (non-hydrogen) atoms. The third-order valence-corrected chi connectivity index (χ3v) is 5.67. The Morgan fingerprint density at radius 1 is 1.22 bits per heavy atom. The highest BCUT2D eigenvalue weighted by atomic mass is 32.1. The summed E-state index contributed by atoms with van der Waals surface area (Å²) in [6, 6.07) is 2.50.